The number of halogens is 1. The van der Waals surface area contributed by atoms with Gasteiger partial charge in [0.25, 0.3) is 0 Å². The Bertz CT molecular complexity index is 257. The number of nitrogens with zero attached hydrogens (tertiary/aromatic N) is 2. The topological polar surface area (TPSA) is 52.7 Å². The largest absolute Gasteiger partial charge is 0.347 e. The number of likely N-dealkylation sites (N-methyl/N-ethyl adjacent to an activating group) is 2. The zero-order valence-corrected chi connectivity index (χ0v) is 11.4. The molecule has 1 fully saturated rings. The quantitative estimate of drug-likeness (QED) is 0.757. The van der Waals surface area contributed by atoms with E-state index in [9.17, 15) is 9.59 Å². The van der Waals surface area contributed by atoms with Crippen molar-refractivity contribution < 1.29 is 9.59 Å². The van der Waals surface area contributed by atoms with E-state index < -0.39 is 0 Å². The van der Waals surface area contributed by atoms with Crippen LogP contribution in [0.4, 0.5) is 0 Å². The molecule has 7 heteroatoms. The normalized spacial score (nSPS) is 18.8. The summed E-state index contributed by atoms with van der Waals surface area (Å²) < 4.78 is 0. The number of hydrogen-bond acceptors (Lipinski definition) is 4. The van der Waals surface area contributed by atoms with E-state index in [1.54, 1.807) is 32.9 Å². The summed E-state index contributed by atoms with van der Waals surface area (Å²) in [5.41, 5.74) is 0. The summed E-state index contributed by atoms with van der Waals surface area (Å²) in [6.45, 7) is 0.147. The van der Waals surface area contributed by atoms with Gasteiger partial charge in [-0.15, -0.1) is 24.2 Å². The van der Waals surface area contributed by atoms with Crippen LogP contribution in [0.5, 0.6) is 0 Å². The first kappa shape index (κ1) is 15.5. The lowest BCUT2D eigenvalue weighted by molar-refractivity contribution is -0.138. The highest BCUT2D eigenvalue weighted by Crippen LogP contribution is 2.11. The molecule has 0 unspecified atom stereocenters. The lowest BCUT2D eigenvalue weighted by Crippen LogP contribution is -2.46. The van der Waals surface area contributed by atoms with E-state index in [0.717, 1.165) is 11.6 Å². The first-order chi connectivity index (χ1) is 7.02. The first-order valence-corrected chi connectivity index (χ1v) is 5.94. The van der Waals surface area contributed by atoms with Crippen LogP contribution in [0.25, 0.3) is 0 Å². The van der Waals surface area contributed by atoms with Crippen LogP contribution in [0, 0.1) is 0 Å². The number of hydrogen-bond donors (Lipinski definition) is 1. The molecule has 0 aromatic heterocycles. The average molecular weight is 268 g/mol. The third kappa shape index (κ3) is 4.19. The maximum atomic E-state index is 11.8. The Morgan fingerprint density at radius 1 is 1.38 bits per heavy atom. The summed E-state index contributed by atoms with van der Waals surface area (Å²) in [7, 11) is 5.03. The Hall–Kier alpha value is -0.460. The Morgan fingerprint density at radius 3 is 2.44 bits per heavy atom. The van der Waals surface area contributed by atoms with Crippen molar-refractivity contribution >= 4 is 36.0 Å². The number of nitrogens with one attached hydrogen (secondary N) is 1. The van der Waals surface area contributed by atoms with E-state index in [1.165, 1.54) is 9.80 Å². The second kappa shape index (κ2) is 6.98. The summed E-state index contributed by atoms with van der Waals surface area (Å²) in [4.78, 5) is 26.1. The van der Waals surface area contributed by atoms with Crippen LogP contribution in [0.2, 0.25) is 0 Å². The van der Waals surface area contributed by atoms with Crippen LogP contribution in [-0.4, -0.2) is 67.0 Å². The molecule has 1 heterocycles. The summed E-state index contributed by atoms with van der Waals surface area (Å²) in [5.74, 6) is 1.54. The molecule has 0 aromatic carbocycles. The minimum Gasteiger partial charge on any atom is -0.347 e. The molecule has 0 bridgehead atoms. The van der Waals surface area contributed by atoms with Crippen molar-refractivity contribution in [1.29, 1.82) is 0 Å². The third-order valence-corrected chi connectivity index (χ3v) is 3.20. The van der Waals surface area contributed by atoms with Crippen molar-refractivity contribution in [3.05, 3.63) is 0 Å². The van der Waals surface area contributed by atoms with Gasteiger partial charge in [-0.2, -0.15) is 0 Å². The molecule has 1 aliphatic heterocycles. The molecule has 1 N–H and O–H groups in total. The molecule has 0 radical (unpaired) electrons. The van der Waals surface area contributed by atoms with Gasteiger partial charge in [0.1, 0.15) is 0 Å². The zero-order chi connectivity index (χ0) is 11.4. The van der Waals surface area contributed by atoms with E-state index >= 15 is 0 Å². The van der Waals surface area contributed by atoms with E-state index in [2.05, 4.69) is 5.32 Å². The van der Waals surface area contributed by atoms with Gasteiger partial charge in [-0.1, -0.05) is 0 Å². The molecule has 0 spiro atoms. The fourth-order valence-electron chi connectivity index (χ4n) is 1.24. The number of carbonyl (C=O) groups excluding carboxylic acids is 2. The Morgan fingerprint density at radius 2 is 2.00 bits per heavy atom. The van der Waals surface area contributed by atoms with E-state index in [0.29, 0.717) is 0 Å². The number of carbonyl (C=O) groups is 2. The summed E-state index contributed by atoms with van der Waals surface area (Å²) in [6.07, 6.45) is 0. The van der Waals surface area contributed by atoms with Gasteiger partial charge in [0.15, 0.2) is 0 Å². The monoisotopic (exact) mass is 267 g/mol. The van der Waals surface area contributed by atoms with E-state index in [4.69, 9.17) is 0 Å². The van der Waals surface area contributed by atoms with Crippen molar-refractivity contribution in [1.82, 2.24) is 15.1 Å². The summed E-state index contributed by atoms with van der Waals surface area (Å²) in [5, 5.41) is 3.09. The molecule has 0 aromatic rings. The average Bonchev–Trinajstić information content (AvgIpc) is 2.68. The highest BCUT2D eigenvalue weighted by molar-refractivity contribution is 7.99. The number of amides is 2. The zero-order valence-electron chi connectivity index (χ0n) is 9.73. The van der Waals surface area contributed by atoms with E-state index in [-0.39, 0.29) is 36.8 Å². The van der Waals surface area contributed by atoms with Crippen LogP contribution in [0.1, 0.15) is 0 Å². The van der Waals surface area contributed by atoms with Gasteiger partial charge in [-0.3, -0.25) is 14.9 Å². The molecular formula is C9H18ClN3O2S. The second-order valence-corrected chi connectivity index (χ2v) is 4.78. The molecule has 0 saturated carbocycles. The van der Waals surface area contributed by atoms with Gasteiger partial charge in [-0.05, 0) is 0 Å². The van der Waals surface area contributed by atoms with Crippen LogP contribution in [0.3, 0.4) is 0 Å². The van der Waals surface area contributed by atoms with Crippen molar-refractivity contribution in [2.75, 3.05) is 39.3 Å². The molecule has 16 heavy (non-hydrogen) atoms. The van der Waals surface area contributed by atoms with Crippen molar-refractivity contribution in [2.45, 2.75) is 6.04 Å². The second-order valence-electron chi connectivity index (χ2n) is 3.75. The molecular weight excluding hydrogens is 250 g/mol. The Kier molecular flexibility index (Phi) is 6.78. The number of thioether (sulfide) groups is 1. The van der Waals surface area contributed by atoms with Gasteiger partial charge in [-0.25, -0.2) is 0 Å². The van der Waals surface area contributed by atoms with Gasteiger partial charge in [0, 0.05) is 32.8 Å². The maximum Gasteiger partial charge on any atom is 0.241 e. The van der Waals surface area contributed by atoms with Gasteiger partial charge >= 0.3 is 0 Å². The number of rotatable bonds is 3. The molecule has 2 amide bonds. The molecule has 1 rings (SSSR count). The third-order valence-electron chi connectivity index (χ3n) is 2.26. The summed E-state index contributed by atoms with van der Waals surface area (Å²) >= 11 is 1.70. The highest BCUT2D eigenvalue weighted by Gasteiger charge is 2.26. The van der Waals surface area contributed by atoms with Crippen LogP contribution in [-0.2, 0) is 9.59 Å². The lowest BCUT2D eigenvalue weighted by atomic mass is 10.3. The highest BCUT2D eigenvalue weighted by atomic mass is 35.5. The minimum absolute atomic E-state index is 0. The SMILES string of the molecule is CN(C)C(=O)CN(C)C(=O)[C@H]1CSCN1.Cl. The fourth-order valence-corrected chi connectivity index (χ4v) is 2.18. The Balaban J connectivity index is 0.00000225. The van der Waals surface area contributed by atoms with Gasteiger partial charge in [0.05, 0.1) is 12.6 Å². The predicted molar refractivity (Wildman–Crippen MR) is 67.8 cm³/mol. The molecule has 1 saturated heterocycles. The smallest absolute Gasteiger partial charge is 0.241 e. The van der Waals surface area contributed by atoms with Gasteiger partial charge < -0.3 is 9.80 Å². The predicted octanol–water partition coefficient (Wildman–Crippen LogP) is -0.383. The minimum atomic E-state index is -0.130. The van der Waals surface area contributed by atoms with Gasteiger partial charge in [0.2, 0.25) is 11.8 Å². The molecule has 94 valence electrons. The summed E-state index contributed by atoms with van der Waals surface area (Å²) in [6, 6.07) is -0.130. The molecule has 1 aliphatic rings. The standard InChI is InChI=1S/C9H17N3O2S.ClH/c1-11(2)8(13)4-12(3)9(14)7-5-15-6-10-7;/h7,10H,4-6H2,1-3H3;1H/t7-;/m1./s1. The van der Waals surface area contributed by atoms with Crippen LogP contribution < -0.4 is 5.32 Å². The van der Waals surface area contributed by atoms with Crippen molar-refractivity contribution in [3.63, 3.8) is 0 Å². The fraction of sp³-hybridized carbons (Fsp3) is 0.778. The maximum absolute atomic E-state index is 11.8. The molecule has 0 aliphatic carbocycles. The van der Waals surface area contributed by atoms with Crippen molar-refractivity contribution in [2.24, 2.45) is 0 Å². The van der Waals surface area contributed by atoms with E-state index in [1.807, 2.05) is 0 Å². The van der Waals surface area contributed by atoms with Crippen LogP contribution >= 0.6 is 24.2 Å². The van der Waals surface area contributed by atoms with Crippen LogP contribution in [0.15, 0.2) is 0 Å². The Labute approximate surface area is 106 Å². The molecule has 1 atom stereocenters. The molecule has 5 nitrogen and oxygen atoms in total. The lowest BCUT2D eigenvalue weighted by Gasteiger charge is -2.21. The first-order valence-electron chi connectivity index (χ1n) is 4.78. The van der Waals surface area contributed by atoms with Crippen molar-refractivity contribution in [3.8, 4) is 0 Å².